The molecule has 0 unspecified atom stereocenters. The van der Waals surface area contributed by atoms with Gasteiger partial charge in [0.25, 0.3) is 0 Å². The van der Waals surface area contributed by atoms with Gasteiger partial charge in [-0.3, -0.25) is 9.89 Å². The first kappa shape index (κ1) is 29.6. The summed E-state index contributed by atoms with van der Waals surface area (Å²) in [7, 11) is 0. The maximum Gasteiger partial charge on any atom is 0.246 e. The van der Waals surface area contributed by atoms with Crippen molar-refractivity contribution in [1.82, 2.24) is 30.0 Å². The molecule has 4 aromatic rings. The number of nitrogens with zero attached hydrogens (tertiary/aromatic N) is 7. The van der Waals surface area contributed by atoms with Gasteiger partial charge in [0.2, 0.25) is 11.9 Å². The van der Waals surface area contributed by atoms with Crippen LogP contribution in [0.3, 0.4) is 0 Å². The van der Waals surface area contributed by atoms with Crippen LogP contribution >= 0.6 is 11.6 Å². The molecule has 4 fully saturated rings. The quantitative estimate of drug-likeness (QED) is 0.269. The number of fused-ring (bicyclic) bond motifs is 2. The van der Waals surface area contributed by atoms with Crippen LogP contribution in [0.1, 0.15) is 45.1 Å². The third kappa shape index (κ3) is 4.75. The van der Waals surface area contributed by atoms with Crippen LogP contribution in [0.15, 0.2) is 37.1 Å². The fourth-order valence-corrected chi connectivity index (χ4v) is 8.37. The maximum absolute atomic E-state index is 17.1. The van der Waals surface area contributed by atoms with Crippen molar-refractivity contribution < 1.29 is 9.18 Å². The molecule has 9 nitrogen and oxygen atoms in total. The topological polar surface area (TPSA) is 84.5 Å². The fraction of sp³-hybridized carbons (Fsp3) is 0.486. The van der Waals surface area contributed by atoms with Crippen LogP contribution in [0.5, 0.6) is 0 Å². The summed E-state index contributed by atoms with van der Waals surface area (Å²) in [5, 5.41) is 8.89. The molecule has 3 saturated heterocycles. The second-order valence-corrected chi connectivity index (χ2v) is 14.5. The fourth-order valence-electron chi connectivity index (χ4n) is 8.09. The number of amides is 1. The number of carbonyl (C=O) groups excluding carboxylic acids is 1. The third-order valence-corrected chi connectivity index (χ3v) is 11.2. The summed E-state index contributed by atoms with van der Waals surface area (Å²) in [6.07, 6.45) is 8.12. The molecule has 46 heavy (non-hydrogen) atoms. The van der Waals surface area contributed by atoms with E-state index in [1.807, 2.05) is 36.9 Å². The Morgan fingerprint density at radius 2 is 1.85 bits per heavy atom. The molecule has 1 aliphatic carbocycles. The molecule has 2 aromatic carbocycles. The third-order valence-electron chi connectivity index (χ3n) is 10.9. The molecule has 1 amide bonds. The monoisotopic (exact) mass is 642 g/mol. The first-order chi connectivity index (χ1) is 22.2. The predicted molar refractivity (Wildman–Crippen MR) is 181 cm³/mol. The highest BCUT2D eigenvalue weighted by Crippen LogP contribution is 2.46. The van der Waals surface area contributed by atoms with E-state index >= 15 is 4.39 Å². The lowest BCUT2D eigenvalue weighted by Gasteiger charge is -2.54. The number of likely N-dealkylation sites (tertiary alicyclic amines) is 1. The van der Waals surface area contributed by atoms with Gasteiger partial charge in [-0.25, -0.2) is 9.37 Å². The van der Waals surface area contributed by atoms with E-state index in [1.54, 1.807) is 6.20 Å². The van der Waals surface area contributed by atoms with Gasteiger partial charge in [0.15, 0.2) is 5.82 Å². The molecule has 1 saturated carbocycles. The van der Waals surface area contributed by atoms with Crippen molar-refractivity contribution in [1.29, 1.82) is 0 Å². The number of H-pyrrole nitrogens is 1. The number of nitrogens with one attached hydrogen (secondary N) is 1. The number of benzene rings is 2. The molecule has 1 N–H and O–H groups in total. The van der Waals surface area contributed by atoms with Crippen LogP contribution in [0.2, 0.25) is 5.02 Å². The van der Waals surface area contributed by atoms with Crippen LogP contribution in [-0.2, 0) is 4.79 Å². The van der Waals surface area contributed by atoms with Crippen LogP contribution in [0.25, 0.3) is 32.9 Å². The van der Waals surface area contributed by atoms with E-state index < -0.39 is 5.82 Å². The van der Waals surface area contributed by atoms with Crippen molar-refractivity contribution in [2.45, 2.75) is 64.6 Å². The second-order valence-electron chi connectivity index (χ2n) is 14.0. The Balaban J connectivity index is 1.23. The first-order valence-corrected chi connectivity index (χ1v) is 16.9. The van der Waals surface area contributed by atoms with Gasteiger partial charge in [0.1, 0.15) is 11.3 Å². The van der Waals surface area contributed by atoms with E-state index in [-0.39, 0.29) is 28.9 Å². The van der Waals surface area contributed by atoms with Crippen molar-refractivity contribution in [3.05, 3.63) is 53.5 Å². The Kier molecular flexibility index (Phi) is 7.03. The van der Waals surface area contributed by atoms with Crippen LogP contribution in [-0.4, -0.2) is 93.3 Å². The number of halogens is 2. The molecule has 3 aliphatic heterocycles. The van der Waals surface area contributed by atoms with Gasteiger partial charge >= 0.3 is 0 Å². The van der Waals surface area contributed by atoms with Gasteiger partial charge < -0.3 is 19.6 Å². The van der Waals surface area contributed by atoms with Crippen molar-refractivity contribution in [3.63, 3.8) is 0 Å². The van der Waals surface area contributed by atoms with E-state index in [0.717, 1.165) is 48.7 Å². The molecule has 0 radical (unpaired) electrons. The number of aromatic amines is 1. The van der Waals surface area contributed by atoms with Gasteiger partial charge in [-0.05, 0) is 83.3 Å². The van der Waals surface area contributed by atoms with Gasteiger partial charge in [0, 0.05) is 71.6 Å². The van der Waals surface area contributed by atoms with Crippen molar-refractivity contribution in [2.24, 2.45) is 5.41 Å². The number of anilines is 2. The van der Waals surface area contributed by atoms with Gasteiger partial charge in [-0.1, -0.05) is 24.2 Å². The molecule has 5 heterocycles. The summed E-state index contributed by atoms with van der Waals surface area (Å²) >= 11 is 7.00. The Hall–Kier alpha value is -3.76. The van der Waals surface area contributed by atoms with Crippen LogP contribution < -0.4 is 9.80 Å². The standard InChI is InChI=1S/C35H40ClFN8O/c1-5-28(46)44-16-22(4)45(17-21(44)3)33-24-14-26(36)30(29-20(2)6-9-27-25(29)15-38-41-27)31(37)32(24)39-34(40-33)43-18-35(19-43)10-12-42(13-11-35)23-7-8-23/h5-6,9,14-15,21-23H,1,7-8,10-13,16-19H2,2-4H3,(H,38,41)/t21-,22+/m1/s1. The van der Waals surface area contributed by atoms with Crippen molar-refractivity contribution >= 4 is 51.1 Å². The molecule has 8 rings (SSSR count). The Labute approximate surface area is 273 Å². The average molecular weight is 643 g/mol. The summed E-state index contributed by atoms with van der Waals surface area (Å²) in [6, 6.07) is 6.36. The molecule has 240 valence electrons. The van der Waals surface area contributed by atoms with E-state index in [2.05, 4.69) is 38.4 Å². The molecular weight excluding hydrogens is 603 g/mol. The molecule has 0 bridgehead atoms. The van der Waals surface area contributed by atoms with E-state index in [9.17, 15) is 4.79 Å². The number of piperazine rings is 1. The normalized spacial score (nSPS) is 23.4. The molecule has 11 heteroatoms. The zero-order chi connectivity index (χ0) is 31.9. The molecule has 2 atom stereocenters. The first-order valence-electron chi connectivity index (χ1n) is 16.5. The van der Waals surface area contributed by atoms with Crippen molar-refractivity contribution in [3.8, 4) is 11.1 Å². The molecule has 1 spiro atoms. The molecule has 4 aliphatic rings. The number of carbonyl (C=O) groups is 1. The summed E-state index contributed by atoms with van der Waals surface area (Å²) in [4.78, 5) is 31.6. The molecular formula is C35H40ClFN8O. The summed E-state index contributed by atoms with van der Waals surface area (Å²) in [6.45, 7) is 14.9. The molecule has 2 aromatic heterocycles. The number of piperidine rings is 1. The van der Waals surface area contributed by atoms with Gasteiger partial charge in [-0.2, -0.15) is 10.1 Å². The number of aryl methyl sites for hydroxylation is 1. The van der Waals surface area contributed by atoms with Crippen LogP contribution in [0, 0.1) is 18.2 Å². The van der Waals surface area contributed by atoms with E-state index in [4.69, 9.17) is 21.6 Å². The smallest absolute Gasteiger partial charge is 0.246 e. The lowest BCUT2D eigenvalue weighted by atomic mass is 9.72. The van der Waals surface area contributed by atoms with Gasteiger partial charge in [0.05, 0.1) is 16.7 Å². The number of hydrogen-bond donors (Lipinski definition) is 1. The highest BCUT2D eigenvalue weighted by atomic mass is 35.5. The highest BCUT2D eigenvalue weighted by Gasteiger charge is 2.48. The predicted octanol–water partition coefficient (Wildman–Crippen LogP) is 5.95. The zero-order valence-corrected chi connectivity index (χ0v) is 27.4. The van der Waals surface area contributed by atoms with Crippen LogP contribution in [0.4, 0.5) is 16.2 Å². The number of hydrogen-bond acceptors (Lipinski definition) is 7. The Bertz CT molecular complexity index is 1870. The largest absolute Gasteiger partial charge is 0.349 e. The summed E-state index contributed by atoms with van der Waals surface area (Å²) in [5.41, 5.74) is 3.27. The SMILES string of the molecule is C=CC(=O)N1C[C@H](C)N(c2nc(N3CC4(CCN(C5CC5)CC4)C3)nc3c(F)c(-c4c(C)ccc5[nH]ncc45)c(Cl)cc23)C[C@H]1C. The summed E-state index contributed by atoms with van der Waals surface area (Å²) in [5.74, 6) is 0.652. The highest BCUT2D eigenvalue weighted by molar-refractivity contribution is 6.35. The maximum atomic E-state index is 17.1. The van der Waals surface area contributed by atoms with E-state index in [1.165, 1.54) is 31.8 Å². The lowest BCUT2D eigenvalue weighted by molar-refractivity contribution is -0.128. The zero-order valence-electron chi connectivity index (χ0n) is 26.7. The minimum absolute atomic E-state index is 0.0658. The van der Waals surface area contributed by atoms with Crippen molar-refractivity contribution in [2.75, 3.05) is 49.1 Å². The minimum atomic E-state index is -0.460. The summed E-state index contributed by atoms with van der Waals surface area (Å²) < 4.78 is 17.1. The second kappa shape index (κ2) is 10.9. The number of rotatable bonds is 5. The number of aromatic nitrogens is 4. The lowest BCUT2D eigenvalue weighted by Crippen LogP contribution is -2.61. The van der Waals surface area contributed by atoms with E-state index in [0.29, 0.717) is 46.4 Å². The van der Waals surface area contributed by atoms with Gasteiger partial charge in [-0.15, -0.1) is 0 Å². The average Bonchev–Trinajstić information content (AvgIpc) is 3.78. The minimum Gasteiger partial charge on any atom is -0.349 e. The Morgan fingerprint density at radius 3 is 2.57 bits per heavy atom. The Morgan fingerprint density at radius 1 is 1.09 bits per heavy atom.